The van der Waals surface area contributed by atoms with Gasteiger partial charge in [-0.3, -0.25) is 4.90 Å². The second-order valence-electron chi connectivity index (χ2n) is 3.94. The zero-order valence-electron chi connectivity index (χ0n) is 9.18. The van der Waals surface area contributed by atoms with Crippen molar-refractivity contribution < 1.29 is 8.42 Å². The molecule has 0 N–H and O–H groups in total. The maximum Gasteiger partial charge on any atom is 0.227 e. The number of hydrogen-bond donors (Lipinski definition) is 0. The number of nitriles is 1. The smallest absolute Gasteiger partial charge is 0.227 e. The molecule has 0 spiro atoms. The van der Waals surface area contributed by atoms with E-state index in [0.29, 0.717) is 19.1 Å². The summed E-state index contributed by atoms with van der Waals surface area (Å²) in [6.07, 6.45) is 0. The summed E-state index contributed by atoms with van der Waals surface area (Å²) in [6, 6.07) is 2.15. The zero-order valence-corrected chi connectivity index (χ0v) is 10.00. The number of hydrogen-bond acceptors (Lipinski definition) is 4. The Hall–Kier alpha value is -0.640. The van der Waals surface area contributed by atoms with Gasteiger partial charge in [-0.15, -0.1) is 0 Å². The van der Waals surface area contributed by atoms with Crippen molar-refractivity contribution in [1.29, 1.82) is 5.26 Å². The standard InChI is InChI=1S/C9H17N3O2S/c1-9(2)11-4-6-12(7-5-11)15(13,14)8-3-10/h9H,4-8H2,1-2H3. The zero-order chi connectivity index (χ0) is 11.5. The van der Waals surface area contributed by atoms with Crippen LogP contribution in [0.5, 0.6) is 0 Å². The second kappa shape index (κ2) is 4.92. The Morgan fingerprint density at radius 3 is 2.20 bits per heavy atom. The van der Waals surface area contributed by atoms with Crippen LogP contribution in [0.15, 0.2) is 0 Å². The quantitative estimate of drug-likeness (QED) is 0.678. The minimum atomic E-state index is -3.34. The largest absolute Gasteiger partial charge is 0.298 e. The molecule has 1 saturated heterocycles. The van der Waals surface area contributed by atoms with Crippen molar-refractivity contribution in [2.24, 2.45) is 0 Å². The van der Waals surface area contributed by atoms with Gasteiger partial charge in [0.05, 0.1) is 6.07 Å². The summed E-state index contributed by atoms with van der Waals surface area (Å²) < 4.78 is 24.5. The van der Waals surface area contributed by atoms with Crippen LogP contribution in [0, 0.1) is 11.3 Å². The number of piperazine rings is 1. The summed E-state index contributed by atoms with van der Waals surface area (Å²) in [5.74, 6) is -0.408. The molecule has 6 heteroatoms. The van der Waals surface area contributed by atoms with E-state index >= 15 is 0 Å². The van der Waals surface area contributed by atoms with Crippen LogP contribution in [0.3, 0.4) is 0 Å². The molecule has 0 unspecified atom stereocenters. The van der Waals surface area contributed by atoms with Gasteiger partial charge in [-0.1, -0.05) is 0 Å². The first-order valence-electron chi connectivity index (χ1n) is 5.06. The predicted molar refractivity (Wildman–Crippen MR) is 57.7 cm³/mol. The molecule has 5 nitrogen and oxygen atoms in total. The fourth-order valence-electron chi connectivity index (χ4n) is 1.67. The number of nitrogens with zero attached hydrogens (tertiary/aromatic N) is 3. The van der Waals surface area contributed by atoms with Crippen LogP contribution >= 0.6 is 0 Å². The van der Waals surface area contributed by atoms with Crippen molar-refractivity contribution in [1.82, 2.24) is 9.21 Å². The molecule has 1 rings (SSSR count). The third kappa shape index (κ3) is 3.16. The molecule has 15 heavy (non-hydrogen) atoms. The first-order valence-corrected chi connectivity index (χ1v) is 6.67. The normalized spacial score (nSPS) is 20.4. The van der Waals surface area contributed by atoms with E-state index in [1.807, 2.05) is 0 Å². The lowest BCUT2D eigenvalue weighted by Gasteiger charge is -2.35. The highest BCUT2D eigenvalue weighted by molar-refractivity contribution is 7.89. The Bertz CT molecular complexity index is 337. The summed E-state index contributed by atoms with van der Waals surface area (Å²) in [4.78, 5) is 2.23. The molecule has 0 aromatic heterocycles. The first-order chi connectivity index (χ1) is 6.97. The monoisotopic (exact) mass is 231 g/mol. The average molecular weight is 231 g/mol. The summed E-state index contributed by atoms with van der Waals surface area (Å²) >= 11 is 0. The molecule has 0 bridgehead atoms. The lowest BCUT2D eigenvalue weighted by atomic mass is 10.3. The van der Waals surface area contributed by atoms with E-state index < -0.39 is 15.8 Å². The summed E-state index contributed by atoms with van der Waals surface area (Å²) in [7, 11) is -3.34. The molecule has 0 saturated carbocycles. The fourth-order valence-corrected chi connectivity index (χ4v) is 2.74. The van der Waals surface area contributed by atoms with Gasteiger partial charge < -0.3 is 0 Å². The van der Waals surface area contributed by atoms with Crippen molar-refractivity contribution in [3.8, 4) is 6.07 Å². The predicted octanol–water partition coefficient (Wildman–Crippen LogP) is -0.134. The first kappa shape index (κ1) is 12.4. The van der Waals surface area contributed by atoms with E-state index in [1.54, 1.807) is 6.07 Å². The van der Waals surface area contributed by atoms with E-state index in [0.717, 1.165) is 13.1 Å². The Balaban J connectivity index is 2.55. The topological polar surface area (TPSA) is 64.4 Å². The maximum atomic E-state index is 11.5. The Labute approximate surface area is 91.3 Å². The maximum absolute atomic E-state index is 11.5. The Morgan fingerprint density at radius 1 is 1.27 bits per heavy atom. The highest BCUT2D eigenvalue weighted by atomic mass is 32.2. The third-order valence-corrected chi connectivity index (χ3v) is 4.29. The van der Waals surface area contributed by atoms with Gasteiger partial charge in [-0.25, -0.2) is 8.42 Å². The molecular formula is C9H17N3O2S. The molecule has 86 valence electrons. The van der Waals surface area contributed by atoms with Gasteiger partial charge in [-0.05, 0) is 13.8 Å². The van der Waals surface area contributed by atoms with Crippen molar-refractivity contribution in [3.63, 3.8) is 0 Å². The molecule has 0 radical (unpaired) electrons. The molecule has 0 aliphatic carbocycles. The summed E-state index contributed by atoms with van der Waals surface area (Å²) in [5.41, 5.74) is 0. The van der Waals surface area contributed by atoms with E-state index in [9.17, 15) is 8.42 Å². The Kier molecular flexibility index (Phi) is 4.08. The van der Waals surface area contributed by atoms with Gasteiger partial charge in [0.15, 0.2) is 5.75 Å². The molecule has 0 aromatic rings. The number of rotatable bonds is 3. The molecule has 0 amide bonds. The molecular weight excluding hydrogens is 214 g/mol. The molecule has 1 aliphatic rings. The third-order valence-electron chi connectivity index (χ3n) is 2.64. The minimum Gasteiger partial charge on any atom is -0.298 e. The van der Waals surface area contributed by atoms with Gasteiger partial charge in [0.25, 0.3) is 0 Å². The second-order valence-corrected chi connectivity index (χ2v) is 5.91. The van der Waals surface area contributed by atoms with Crippen molar-refractivity contribution >= 4 is 10.0 Å². The van der Waals surface area contributed by atoms with Crippen LogP contribution in [0.2, 0.25) is 0 Å². The van der Waals surface area contributed by atoms with Gasteiger partial charge in [0, 0.05) is 32.2 Å². The fraction of sp³-hybridized carbons (Fsp3) is 0.889. The summed E-state index contributed by atoms with van der Waals surface area (Å²) in [6.45, 7) is 6.70. The van der Waals surface area contributed by atoms with Crippen LogP contribution in [-0.4, -0.2) is 55.6 Å². The van der Waals surface area contributed by atoms with E-state index in [1.165, 1.54) is 4.31 Å². The highest BCUT2D eigenvalue weighted by Crippen LogP contribution is 2.09. The number of sulfonamides is 1. The summed E-state index contributed by atoms with van der Waals surface area (Å²) in [5, 5.41) is 8.41. The van der Waals surface area contributed by atoms with Crippen molar-refractivity contribution in [2.75, 3.05) is 31.9 Å². The molecule has 1 heterocycles. The van der Waals surface area contributed by atoms with Gasteiger partial charge >= 0.3 is 0 Å². The molecule has 0 aromatic carbocycles. The highest BCUT2D eigenvalue weighted by Gasteiger charge is 2.27. The average Bonchev–Trinajstić information content (AvgIpc) is 2.18. The van der Waals surface area contributed by atoms with Crippen molar-refractivity contribution in [2.45, 2.75) is 19.9 Å². The van der Waals surface area contributed by atoms with Crippen LogP contribution in [0.4, 0.5) is 0 Å². The van der Waals surface area contributed by atoms with Gasteiger partial charge in [-0.2, -0.15) is 9.57 Å². The minimum absolute atomic E-state index is 0.408. The van der Waals surface area contributed by atoms with E-state index in [-0.39, 0.29) is 0 Å². The lowest BCUT2D eigenvalue weighted by molar-refractivity contribution is 0.154. The van der Waals surface area contributed by atoms with E-state index in [2.05, 4.69) is 18.7 Å². The lowest BCUT2D eigenvalue weighted by Crippen LogP contribution is -2.51. The van der Waals surface area contributed by atoms with Crippen LogP contribution in [0.1, 0.15) is 13.8 Å². The van der Waals surface area contributed by atoms with Crippen LogP contribution < -0.4 is 0 Å². The van der Waals surface area contributed by atoms with E-state index in [4.69, 9.17) is 5.26 Å². The van der Waals surface area contributed by atoms with Gasteiger partial charge in [0.2, 0.25) is 10.0 Å². The van der Waals surface area contributed by atoms with Crippen LogP contribution in [-0.2, 0) is 10.0 Å². The SMILES string of the molecule is CC(C)N1CCN(S(=O)(=O)CC#N)CC1. The molecule has 1 aliphatic heterocycles. The Morgan fingerprint density at radius 2 is 1.80 bits per heavy atom. The van der Waals surface area contributed by atoms with Gasteiger partial charge in [0.1, 0.15) is 0 Å². The molecule has 1 fully saturated rings. The van der Waals surface area contributed by atoms with Crippen LogP contribution in [0.25, 0.3) is 0 Å². The van der Waals surface area contributed by atoms with Crippen molar-refractivity contribution in [3.05, 3.63) is 0 Å². The molecule has 0 atom stereocenters.